The van der Waals surface area contributed by atoms with Gasteiger partial charge in [0.05, 0.1) is 6.61 Å². The molecule has 2 N–H and O–H groups in total. The van der Waals surface area contributed by atoms with Gasteiger partial charge >= 0.3 is 0 Å². The molecule has 0 heterocycles. The molecular formula is C9H19NOS. The molecule has 0 amide bonds. The van der Waals surface area contributed by atoms with Crippen molar-refractivity contribution in [3.05, 3.63) is 0 Å². The van der Waals surface area contributed by atoms with Gasteiger partial charge in [-0.05, 0) is 25.8 Å². The van der Waals surface area contributed by atoms with Crippen molar-refractivity contribution in [2.75, 3.05) is 18.9 Å². The lowest BCUT2D eigenvalue weighted by molar-refractivity contribution is 0.322. The van der Waals surface area contributed by atoms with Crippen LogP contribution in [0.25, 0.3) is 0 Å². The summed E-state index contributed by atoms with van der Waals surface area (Å²) in [6.45, 7) is 3.57. The lowest BCUT2D eigenvalue weighted by Crippen LogP contribution is -2.26. The molecule has 0 aromatic carbocycles. The highest BCUT2D eigenvalue weighted by Gasteiger charge is 2.23. The van der Waals surface area contributed by atoms with E-state index in [2.05, 4.69) is 12.2 Å². The van der Waals surface area contributed by atoms with E-state index in [1.54, 1.807) is 0 Å². The van der Waals surface area contributed by atoms with Gasteiger partial charge < -0.3 is 10.4 Å². The average Bonchev–Trinajstić information content (AvgIpc) is 2.50. The Morgan fingerprint density at radius 2 is 2.33 bits per heavy atom. The maximum atomic E-state index is 8.66. The van der Waals surface area contributed by atoms with E-state index in [9.17, 15) is 0 Å². The van der Waals surface area contributed by atoms with Crippen molar-refractivity contribution in [1.29, 1.82) is 0 Å². The van der Waals surface area contributed by atoms with Crippen LogP contribution < -0.4 is 5.32 Å². The highest BCUT2D eigenvalue weighted by atomic mass is 32.2. The topological polar surface area (TPSA) is 32.3 Å². The molecule has 3 heteroatoms. The second-order valence-electron chi connectivity index (χ2n) is 3.28. The van der Waals surface area contributed by atoms with Crippen LogP contribution in [-0.4, -0.2) is 35.3 Å². The van der Waals surface area contributed by atoms with E-state index in [0.29, 0.717) is 6.61 Å². The third-order valence-corrected chi connectivity index (χ3v) is 3.64. The fourth-order valence-corrected chi connectivity index (χ4v) is 2.89. The lowest BCUT2D eigenvalue weighted by atomic mass is 10.2. The zero-order valence-corrected chi connectivity index (χ0v) is 8.57. The molecule has 1 saturated carbocycles. The van der Waals surface area contributed by atoms with Gasteiger partial charge in [-0.3, -0.25) is 0 Å². The van der Waals surface area contributed by atoms with Gasteiger partial charge in [0.25, 0.3) is 0 Å². The van der Waals surface area contributed by atoms with E-state index in [0.717, 1.165) is 23.6 Å². The largest absolute Gasteiger partial charge is 0.396 e. The average molecular weight is 189 g/mol. The minimum atomic E-state index is 0.326. The van der Waals surface area contributed by atoms with Crippen molar-refractivity contribution in [1.82, 2.24) is 5.32 Å². The maximum Gasteiger partial charge on any atom is 0.0521 e. The van der Waals surface area contributed by atoms with Crippen molar-refractivity contribution in [3.8, 4) is 0 Å². The third kappa shape index (κ3) is 3.33. The number of aliphatic hydroxyl groups excluding tert-OH is 1. The smallest absolute Gasteiger partial charge is 0.0521 e. The summed E-state index contributed by atoms with van der Waals surface area (Å²) in [5, 5.41) is 12.9. The van der Waals surface area contributed by atoms with Gasteiger partial charge in [-0.1, -0.05) is 6.92 Å². The van der Waals surface area contributed by atoms with Crippen LogP contribution in [0.3, 0.4) is 0 Å². The van der Waals surface area contributed by atoms with Gasteiger partial charge in [-0.25, -0.2) is 0 Å². The van der Waals surface area contributed by atoms with Crippen LogP contribution in [0.4, 0.5) is 0 Å². The molecule has 2 unspecified atom stereocenters. The van der Waals surface area contributed by atoms with Gasteiger partial charge in [0.15, 0.2) is 0 Å². The summed E-state index contributed by atoms with van der Waals surface area (Å²) < 4.78 is 0. The van der Waals surface area contributed by atoms with E-state index in [1.165, 1.54) is 19.3 Å². The Kier molecular flexibility index (Phi) is 5.04. The van der Waals surface area contributed by atoms with Gasteiger partial charge in [0.2, 0.25) is 0 Å². The summed E-state index contributed by atoms with van der Waals surface area (Å²) in [6.07, 6.45) is 3.93. The minimum absolute atomic E-state index is 0.326. The highest BCUT2D eigenvalue weighted by Crippen LogP contribution is 2.29. The number of aliphatic hydroxyl groups is 1. The number of rotatable bonds is 5. The van der Waals surface area contributed by atoms with Crippen molar-refractivity contribution in [2.24, 2.45) is 0 Å². The van der Waals surface area contributed by atoms with Crippen LogP contribution in [-0.2, 0) is 0 Å². The van der Waals surface area contributed by atoms with Crippen LogP contribution >= 0.6 is 11.8 Å². The van der Waals surface area contributed by atoms with Crippen LogP contribution in [0, 0.1) is 0 Å². The Hall–Kier alpha value is 0.270. The molecule has 1 aliphatic rings. The normalized spacial score (nSPS) is 29.5. The van der Waals surface area contributed by atoms with Crippen LogP contribution in [0.15, 0.2) is 0 Å². The van der Waals surface area contributed by atoms with Crippen molar-refractivity contribution in [3.63, 3.8) is 0 Å². The molecule has 0 aromatic rings. The summed E-state index contributed by atoms with van der Waals surface area (Å²) in [4.78, 5) is 0. The van der Waals surface area contributed by atoms with E-state index < -0.39 is 0 Å². The molecule has 1 rings (SSSR count). The van der Waals surface area contributed by atoms with E-state index >= 15 is 0 Å². The third-order valence-electron chi connectivity index (χ3n) is 2.32. The Balaban J connectivity index is 2.08. The molecule has 0 aliphatic heterocycles. The quantitative estimate of drug-likeness (QED) is 0.682. The molecule has 0 bridgehead atoms. The summed E-state index contributed by atoms with van der Waals surface area (Å²) in [5.74, 6) is 0.906. The van der Waals surface area contributed by atoms with E-state index in [-0.39, 0.29) is 0 Å². The first-order valence-electron chi connectivity index (χ1n) is 4.82. The first kappa shape index (κ1) is 10.4. The zero-order valence-electron chi connectivity index (χ0n) is 7.75. The van der Waals surface area contributed by atoms with Crippen molar-refractivity contribution < 1.29 is 5.11 Å². The molecule has 72 valence electrons. The Labute approximate surface area is 79.1 Å². The SMILES string of the molecule is CCNC1CCC(SCCO)C1. The molecule has 0 spiro atoms. The molecule has 12 heavy (non-hydrogen) atoms. The fourth-order valence-electron chi connectivity index (χ4n) is 1.78. The predicted molar refractivity (Wildman–Crippen MR) is 54.6 cm³/mol. The van der Waals surface area contributed by atoms with E-state index in [4.69, 9.17) is 5.11 Å². The molecule has 2 atom stereocenters. The second kappa shape index (κ2) is 5.84. The Morgan fingerprint density at radius 1 is 1.50 bits per heavy atom. The summed E-state index contributed by atoms with van der Waals surface area (Å²) in [7, 11) is 0. The molecular weight excluding hydrogens is 170 g/mol. The molecule has 1 fully saturated rings. The predicted octanol–water partition coefficient (Wildman–Crippen LogP) is 1.24. The van der Waals surface area contributed by atoms with Crippen molar-refractivity contribution >= 4 is 11.8 Å². The summed E-state index contributed by atoms with van der Waals surface area (Å²) >= 11 is 1.92. The monoisotopic (exact) mass is 189 g/mol. The summed E-state index contributed by atoms with van der Waals surface area (Å²) in [6, 6.07) is 0.742. The Morgan fingerprint density at radius 3 is 3.00 bits per heavy atom. The molecule has 0 radical (unpaired) electrons. The number of nitrogens with one attached hydrogen (secondary N) is 1. The van der Waals surface area contributed by atoms with Crippen LogP contribution in [0.1, 0.15) is 26.2 Å². The molecule has 2 nitrogen and oxygen atoms in total. The van der Waals surface area contributed by atoms with Gasteiger partial charge in [0.1, 0.15) is 0 Å². The number of hydrogen-bond acceptors (Lipinski definition) is 3. The Bertz CT molecular complexity index is 121. The first-order valence-corrected chi connectivity index (χ1v) is 5.87. The van der Waals surface area contributed by atoms with Gasteiger partial charge in [-0.15, -0.1) is 0 Å². The highest BCUT2D eigenvalue weighted by molar-refractivity contribution is 7.99. The van der Waals surface area contributed by atoms with E-state index in [1.807, 2.05) is 11.8 Å². The first-order chi connectivity index (χ1) is 5.86. The standard InChI is InChI=1S/C9H19NOS/c1-2-10-8-3-4-9(7-8)12-6-5-11/h8-11H,2-7H2,1H3. The van der Waals surface area contributed by atoms with Gasteiger partial charge in [-0.2, -0.15) is 11.8 Å². The van der Waals surface area contributed by atoms with Crippen molar-refractivity contribution in [2.45, 2.75) is 37.5 Å². The minimum Gasteiger partial charge on any atom is -0.396 e. The molecule has 0 saturated heterocycles. The molecule has 1 aliphatic carbocycles. The number of thioether (sulfide) groups is 1. The van der Waals surface area contributed by atoms with Crippen LogP contribution in [0.5, 0.6) is 0 Å². The zero-order chi connectivity index (χ0) is 8.81. The fraction of sp³-hybridized carbons (Fsp3) is 1.00. The van der Waals surface area contributed by atoms with Crippen LogP contribution in [0.2, 0.25) is 0 Å². The van der Waals surface area contributed by atoms with Gasteiger partial charge in [0, 0.05) is 17.0 Å². The maximum absolute atomic E-state index is 8.66. The lowest BCUT2D eigenvalue weighted by Gasteiger charge is -2.10. The summed E-state index contributed by atoms with van der Waals surface area (Å²) in [5.41, 5.74) is 0. The molecule has 0 aromatic heterocycles. The second-order valence-corrected chi connectivity index (χ2v) is 4.69. The number of hydrogen-bond donors (Lipinski definition) is 2.